The van der Waals surface area contributed by atoms with Gasteiger partial charge in [-0.05, 0) is 66.0 Å². The van der Waals surface area contributed by atoms with E-state index < -0.39 is 0 Å². The average molecular weight is 703 g/mol. The molecule has 2 N–H and O–H groups in total. The normalized spacial score (nSPS) is 31.2. The third-order valence-corrected chi connectivity index (χ3v) is 10.5. The summed E-state index contributed by atoms with van der Waals surface area (Å²) in [5.41, 5.74) is 3.03. The predicted molar refractivity (Wildman–Crippen MR) is 154 cm³/mol. The molecule has 6 atom stereocenters. The summed E-state index contributed by atoms with van der Waals surface area (Å²) in [6.45, 7) is 0. The van der Waals surface area contributed by atoms with Gasteiger partial charge in [0.15, 0.2) is 0 Å². The first-order chi connectivity index (χ1) is 18.7. The van der Waals surface area contributed by atoms with Crippen LogP contribution in [0.4, 0.5) is 0 Å². The molecule has 0 bridgehead atoms. The molecule has 39 heavy (non-hydrogen) atoms. The molecule has 4 aliphatic rings. The quantitative estimate of drug-likeness (QED) is 0.274. The molecule has 7 rings (SSSR count). The van der Waals surface area contributed by atoms with Crippen molar-refractivity contribution in [3.63, 3.8) is 0 Å². The molecule has 3 nitrogen and oxygen atoms in total. The fraction of sp³-hybridized carbons (Fsp3) is 0.571. The van der Waals surface area contributed by atoms with Crippen molar-refractivity contribution in [3.05, 3.63) is 66.7 Å². The zero-order chi connectivity index (χ0) is 25.9. The van der Waals surface area contributed by atoms with Gasteiger partial charge >= 0.3 is 0 Å². The molecule has 0 saturated heterocycles. The molecular formula is C35H44IrNO2-. The SMILES string of the molecule is OC1C2C(CCC[C@@H]1C1CCCC1)C[C@@H](C1CCCC1)C2O.[Ir].[c-]1ccccc1-c1ccc2ccccc2n1. The third-order valence-electron chi connectivity index (χ3n) is 10.5. The van der Waals surface area contributed by atoms with E-state index in [0.29, 0.717) is 17.8 Å². The van der Waals surface area contributed by atoms with E-state index in [2.05, 4.69) is 23.2 Å². The summed E-state index contributed by atoms with van der Waals surface area (Å²) in [5, 5.41) is 23.4. The Morgan fingerprint density at radius 2 is 1.28 bits per heavy atom. The zero-order valence-electron chi connectivity index (χ0n) is 23.1. The predicted octanol–water partition coefficient (Wildman–Crippen LogP) is 7.84. The molecule has 4 heteroatoms. The molecule has 211 valence electrons. The van der Waals surface area contributed by atoms with Gasteiger partial charge in [0.1, 0.15) is 0 Å². The Kier molecular flexibility index (Phi) is 9.93. The van der Waals surface area contributed by atoms with Crippen LogP contribution < -0.4 is 0 Å². The van der Waals surface area contributed by atoms with Gasteiger partial charge in [0.05, 0.1) is 17.7 Å². The molecule has 1 radical (unpaired) electrons. The van der Waals surface area contributed by atoms with Crippen LogP contribution in [0.15, 0.2) is 60.7 Å². The van der Waals surface area contributed by atoms with Crippen LogP contribution in [0.2, 0.25) is 0 Å². The van der Waals surface area contributed by atoms with E-state index in [-0.39, 0.29) is 38.2 Å². The van der Waals surface area contributed by atoms with Crippen molar-refractivity contribution in [1.29, 1.82) is 0 Å². The summed E-state index contributed by atoms with van der Waals surface area (Å²) in [6.07, 6.45) is 15.2. The number of benzene rings is 2. The monoisotopic (exact) mass is 703 g/mol. The molecule has 4 aliphatic carbocycles. The zero-order valence-corrected chi connectivity index (χ0v) is 25.4. The molecule has 0 amide bonds. The average Bonchev–Trinajstić information content (AvgIpc) is 3.72. The van der Waals surface area contributed by atoms with Crippen LogP contribution in [0.25, 0.3) is 22.2 Å². The number of nitrogens with zero attached hydrogens (tertiary/aromatic N) is 1. The molecule has 4 unspecified atom stereocenters. The van der Waals surface area contributed by atoms with E-state index in [1.165, 1.54) is 82.4 Å². The Labute approximate surface area is 248 Å². The Morgan fingerprint density at radius 3 is 2.00 bits per heavy atom. The van der Waals surface area contributed by atoms with Gasteiger partial charge in [0.25, 0.3) is 0 Å². The number of aliphatic hydroxyl groups is 2. The second-order valence-corrected chi connectivity index (χ2v) is 12.6. The minimum atomic E-state index is -0.225. The fourth-order valence-electron chi connectivity index (χ4n) is 8.60. The molecule has 1 aromatic heterocycles. The van der Waals surface area contributed by atoms with Gasteiger partial charge in [-0.2, -0.15) is 0 Å². The van der Waals surface area contributed by atoms with Gasteiger partial charge in [-0.15, -0.1) is 35.9 Å². The van der Waals surface area contributed by atoms with E-state index in [1.807, 2.05) is 48.5 Å². The first-order valence-corrected chi connectivity index (χ1v) is 15.4. The van der Waals surface area contributed by atoms with Gasteiger partial charge < -0.3 is 10.2 Å². The van der Waals surface area contributed by atoms with Crippen molar-refractivity contribution in [2.75, 3.05) is 0 Å². The fourth-order valence-corrected chi connectivity index (χ4v) is 8.60. The van der Waals surface area contributed by atoms with Gasteiger partial charge in [0.2, 0.25) is 0 Å². The topological polar surface area (TPSA) is 53.4 Å². The van der Waals surface area contributed by atoms with Crippen molar-refractivity contribution >= 4 is 10.9 Å². The summed E-state index contributed by atoms with van der Waals surface area (Å²) in [5.74, 6) is 3.26. The largest absolute Gasteiger partial charge is 0.392 e. The van der Waals surface area contributed by atoms with Gasteiger partial charge in [0, 0.05) is 26.0 Å². The Hall–Kier alpha value is -1.58. The Morgan fingerprint density at radius 1 is 0.641 bits per heavy atom. The van der Waals surface area contributed by atoms with Crippen LogP contribution in [0, 0.1) is 41.6 Å². The number of fused-ring (bicyclic) bond motifs is 2. The maximum absolute atomic E-state index is 11.2. The minimum absolute atomic E-state index is 0. The van der Waals surface area contributed by atoms with Crippen LogP contribution in [0.5, 0.6) is 0 Å². The van der Waals surface area contributed by atoms with Crippen LogP contribution in [0.1, 0.15) is 77.0 Å². The molecule has 4 fully saturated rings. The number of pyridine rings is 1. The number of hydrogen-bond acceptors (Lipinski definition) is 3. The minimum Gasteiger partial charge on any atom is -0.392 e. The Bertz CT molecular complexity index is 1170. The van der Waals surface area contributed by atoms with Crippen molar-refractivity contribution in [2.45, 2.75) is 89.3 Å². The van der Waals surface area contributed by atoms with E-state index in [0.717, 1.165) is 28.6 Å². The number of aliphatic hydroxyl groups excluding tert-OH is 2. The molecule has 3 aromatic rings. The molecule has 0 spiro atoms. The number of aromatic nitrogens is 1. The van der Waals surface area contributed by atoms with E-state index in [4.69, 9.17) is 0 Å². The van der Waals surface area contributed by atoms with Crippen LogP contribution in [0.3, 0.4) is 0 Å². The summed E-state index contributed by atoms with van der Waals surface area (Å²) < 4.78 is 0. The van der Waals surface area contributed by atoms with Crippen LogP contribution in [-0.4, -0.2) is 27.4 Å². The molecule has 0 aliphatic heterocycles. The first kappa shape index (κ1) is 28.9. The summed E-state index contributed by atoms with van der Waals surface area (Å²) in [4.78, 5) is 4.61. The van der Waals surface area contributed by atoms with Gasteiger partial charge in [-0.25, -0.2) is 0 Å². The van der Waals surface area contributed by atoms with Gasteiger partial charge in [-0.3, -0.25) is 4.98 Å². The van der Waals surface area contributed by atoms with E-state index >= 15 is 0 Å². The summed E-state index contributed by atoms with van der Waals surface area (Å²) in [6, 6.07) is 23.4. The van der Waals surface area contributed by atoms with Crippen molar-refractivity contribution in [2.24, 2.45) is 35.5 Å². The van der Waals surface area contributed by atoms with E-state index in [1.54, 1.807) is 0 Å². The second-order valence-electron chi connectivity index (χ2n) is 12.6. The van der Waals surface area contributed by atoms with Gasteiger partial charge in [-0.1, -0.05) is 88.1 Å². The molecular weight excluding hydrogens is 659 g/mol. The second kappa shape index (κ2) is 13.4. The maximum atomic E-state index is 11.2. The van der Waals surface area contributed by atoms with Crippen molar-refractivity contribution in [3.8, 4) is 11.3 Å². The standard InChI is InChI=1S/C20H34O2.C15H10N.Ir/c21-19-16(13-6-1-2-7-13)11-5-10-15-12-17(20(22)18(15)19)14-8-3-4-9-14;1-2-6-12(7-3-1)15-11-10-13-8-4-5-9-14(13)16-15;/h13-22H,1-12H2;1-6,8-11H;/q;-1;/t15?,16-,17+,18?,19?,20?;;/m1../s1. The summed E-state index contributed by atoms with van der Waals surface area (Å²) >= 11 is 0. The Balaban J connectivity index is 0.000000161. The van der Waals surface area contributed by atoms with Crippen LogP contribution in [-0.2, 0) is 20.1 Å². The molecule has 1 heterocycles. The third kappa shape index (κ3) is 6.35. The van der Waals surface area contributed by atoms with Crippen molar-refractivity contribution in [1.82, 2.24) is 4.98 Å². The number of para-hydroxylation sites is 1. The van der Waals surface area contributed by atoms with Crippen LogP contribution >= 0.6 is 0 Å². The molecule has 4 saturated carbocycles. The smallest absolute Gasteiger partial charge is 0.0626 e. The summed E-state index contributed by atoms with van der Waals surface area (Å²) in [7, 11) is 0. The van der Waals surface area contributed by atoms with Crippen molar-refractivity contribution < 1.29 is 30.3 Å². The molecule has 2 aromatic carbocycles. The number of rotatable bonds is 3. The maximum Gasteiger partial charge on any atom is 0.0626 e. The number of hydrogen-bond donors (Lipinski definition) is 2. The first-order valence-electron chi connectivity index (χ1n) is 15.4. The van der Waals surface area contributed by atoms with E-state index in [9.17, 15) is 10.2 Å².